The number of nitrogens with zero attached hydrogens (tertiary/aromatic N) is 1. The molecule has 0 atom stereocenters. The maximum Gasteiger partial charge on any atom is 0.339 e. The molecule has 0 radical (unpaired) electrons. The van der Waals surface area contributed by atoms with Crippen LogP contribution in [0.25, 0.3) is 10.8 Å². The number of hydrogen-bond acceptors (Lipinski definition) is 3. The number of fused-ring (bicyclic) bond motifs is 1. The fourth-order valence-electron chi connectivity index (χ4n) is 2.29. The van der Waals surface area contributed by atoms with Crippen LogP contribution in [0.4, 0.5) is 10.5 Å². The van der Waals surface area contributed by atoms with E-state index in [1.807, 2.05) is 66.7 Å². The predicted octanol–water partition coefficient (Wildman–Crippen LogP) is 4.00. The molecule has 3 aromatic rings. The van der Waals surface area contributed by atoms with E-state index < -0.39 is 6.03 Å². The Morgan fingerprint density at radius 3 is 2.54 bits per heavy atom. The Balaban J connectivity index is 1.63. The van der Waals surface area contributed by atoms with Crippen molar-refractivity contribution >= 4 is 28.7 Å². The van der Waals surface area contributed by atoms with Gasteiger partial charge in [-0.1, -0.05) is 42.5 Å². The lowest BCUT2D eigenvalue weighted by atomic mass is 10.1. The highest BCUT2D eigenvalue weighted by molar-refractivity contribution is 5.94. The Hall–Kier alpha value is -3.34. The summed E-state index contributed by atoms with van der Waals surface area (Å²) in [6.07, 6.45) is 1.59. The first-order valence-electron chi connectivity index (χ1n) is 7.47. The Kier molecular flexibility index (Phi) is 4.72. The highest BCUT2D eigenvalue weighted by Crippen LogP contribution is 2.23. The summed E-state index contributed by atoms with van der Waals surface area (Å²) in [5, 5.41) is 8.73. The molecule has 0 saturated carbocycles. The predicted molar refractivity (Wildman–Crippen MR) is 96.7 cm³/mol. The normalized spacial score (nSPS) is 10.7. The van der Waals surface area contributed by atoms with Crippen molar-refractivity contribution in [1.82, 2.24) is 5.43 Å². The first kappa shape index (κ1) is 15.6. The number of carbonyl (C=O) groups is 1. The Morgan fingerprint density at radius 2 is 1.75 bits per heavy atom. The third-order valence-electron chi connectivity index (χ3n) is 3.48. The number of ether oxygens (including phenoxy) is 1. The molecule has 120 valence electrons. The lowest BCUT2D eigenvalue weighted by Gasteiger charge is -2.07. The SMILES string of the molecule is COc1ccc2cc(NC(=O)N/N=C/c3ccccc3)ccc2c1. The van der Waals surface area contributed by atoms with Crippen molar-refractivity contribution in [1.29, 1.82) is 0 Å². The van der Waals surface area contributed by atoms with Gasteiger partial charge in [-0.2, -0.15) is 5.10 Å². The number of amides is 2. The van der Waals surface area contributed by atoms with Crippen LogP contribution in [0.2, 0.25) is 0 Å². The van der Waals surface area contributed by atoms with E-state index in [1.54, 1.807) is 13.3 Å². The topological polar surface area (TPSA) is 62.7 Å². The van der Waals surface area contributed by atoms with E-state index >= 15 is 0 Å². The highest BCUT2D eigenvalue weighted by atomic mass is 16.5. The van der Waals surface area contributed by atoms with E-state index in [-0.39, 0.29) is 0 Å². The van der Waals surface area contributed by atoms with Gasteiger partial charge in [-0.25, -0.2) is 10.2 Å². The summed E-state index contributed by atoms with van der Waals surface area (Å²) in [5.74, 6) is 0.802. The molecule has 0 heterocycles. The molecule has 3 aromatic carbocycles. The van der Waals surface area contributed by atoms with Crippen LogP contribution in [0.3, 0.4) is 0 Å². The molecule has 0 unspecified atom stereocenters. The fourth-order valence-corrected chi connectivity index (χ4v) is 2.29. The van der Waals surface area contributed by atoms with Gasteiger partial charge in [0.1, 0.15) is 5.75 Å². The molecule has 0 aliphatic carbocycles. The minimum atomic E-state index is -0.393. The Morgan fingerprint density at radius 1 is 1.00 bits per heavy atom. The summed E-state index contributed by atoms with van der Waals surface area (Å²) in [6, 6.07) is 20.6. The second-order valence-electron chi connectivity index (χ2n) is 5.16. The summed E-state index contributed by atoms with van der Waals surface area (Å²) < 4.78 is 5.20. The Labute approximate surface area is 140 Å². The summed E-state index contributed by atoms with van der Waals surface area (Å²) in [7, 11) is 1.64. The third kappa shape index (κ3) is 3.89. The third-order valence-corrected chi connectivity index (χ3v) is 3.48. The van der Waals surface area contributed by atoms with Gasteiger partial charge in [0.25, 0.3) is 0 Å². The van der Waals surface area contributed by atoms with Crippen molar-refractivity contribution in [2.45, 2.75) is 0 Å². The first-order chi connectivity index (χ1) is 11.7. The van der Waals surface area contributed by atoms with Gasteiger partial charge in [0.05, 0.1) is 13.3 Å². The van der Waals surface area contributed by atoms with Crippen LogP contribution < -0.4 is 15.5 Å². The van der Waals surface area contributed by atoms with Crippen molar-refractivity contribution < 1.29 is 9.53 Å². The maximum atomic E-state index is 11.9. The van der Waals surface area contributed by atoms with Gasteiger partial charge in [0.2, 0.25) is 0 Å². The van der Waals surface area contributed by atoms with Gasteiger partial charge in [-0.05, 0) is 40.6 Å². The lowest BCUT2D eigenvalue weighted by molar-refractivity contribution is 0.252. The van der Waals surface area contributed by atoms with E-state index in [0.717, 1.165) is 22.1 Å². The molecule has 0 aromatic heterocycles. The van der Waals surface area contributed by atoms with E-state index in [4.69, 9.17) is 4.74 Å². The van der Waals surface area contributed by atoms with Crippen molar-refractivity contribution in [3.05, 3.63) is 72.3 Å². The summed E-state index contributed by atoms with van der Waals surface area (Å²) in [6.45, 7) is 0. The molecule has 0 bridgehead atoms. The second-order valence-corrected chi connectivity index (χ2v) is 5.16. The van der Waals surface area contributed by atoms with E-state index in [9.17, 15) is 4.79 Å². The minimum absolute atomic E-state index is 0.393. The van der Waals surface area contributed by atoms with E-state index in [1.165, 1.54) is 0 Å². The summed E-state index contributed by atoms with van der Waals surface area (Å²) in [4.78, 5) is 11.9. The lowest BCUT2D eigenvalue weighted by Crippen LogP contribution is -2.24. The van der Waals surface area contributed by atoms with Gasteiger partial charge in [-0.15, -0.1) is 0 Å². The number of hydrogen-bond donors (Lipinski definition) is 2. The monoisotopic (exact) mass is 319 g/mol. The van der Waals surface area contributed by atoms with Gasteiger partial charge in [0.15, 0.2) is 0 Å². The van der Waals surface area contributed by atoms with Crippen molar-refractivity contribution in [2.24, 2.45) is 5.10 Å². The molecular formula is C19H17N3O2. The van der Waals surface area contributed by atoms with Gasteiger partial charge in [-0.3, -0.25) is 0 Å². The van der Waals surface area contributed by atoms with Crippen molar-refractivity contribution in [2.75, 3.05) is 12.4 Å². The molecule has 0 aliphatic rings. The average molecular weight is 319 g/mol. The smallest absolute Gasteiger partial charge is 0.339 e. The van der Waals surface area contributed by atoms with Gasteiger partial charge in [0, 0.05) is 5.69 Å². The van der Waals surface area contributed by atoms with E-state index in [0.29, 0.717) is 5.69 Å². The number of urea groups is 1. The minimum Gasteiger partial charge on any atom is -0.497 e. The average Bonchev–Trinajstić information content (AvgIpc) is 2.62. The molecule has 0 aliphatic heterocycles. The molecule has 0 saturated heterocycles. The van der Waals surface area contributed by atoms with Crippen LogP contribution in [-0.4, -0.2) is 19.4 Å². The fraction of sp³-hybridized carbons (Fsp3) is 0.0526. The van der Waals surface area contributed by atoms with Crippen LogP contribution in [0.5, 0.6) is 5.75 Å². The van der Waals surface area contributed by atoms with Crippen molar-refractivity contribution in [3.8, 4) is 5.75 Å². The number of hydrazone groups is 1. The van der Waals surface area contributed by atoms with Crippen LogP contribution in [0.1, 0.15) is 5.56 Å². The number of rotatable bonds is 4. The van der Waals surface area contributed by atoms with Crippen LogP contribution in [0.15, 0.2) is 71.8 Å². The van der Waals surface area contributed by atoms with Gasteiger partial charge >= 0.3 is 6.03 Å². The molecular weight excluding hydrogens is 302 g/mol. The standard InChI is InChI=1S/C19H17N3O2/c1-24-18-10-8-15-11-17(9-7-16(15)12-18)21-19(23)22-20-13-14-5-3-2-4-6-14/h2-13H,1H3,(H2,21,22,23)/b20-13+. The summed E-state index contributed by atoms with van der Waals surface area (Å²) in [5.41, 5.74) is 4.05. The molecule has 2 amide bonds. The first-order valence-corrected chi connectivity index (χ1v) is 7.47. The molecule has 5 nitrogen and oxygen atoms in total. The maximum absolute atomic E-state index is 11.9. The summed E-state index contributed by atoms with van der Waals surface area (Å²) >= 11 is 0. The Bertz CT molecular complexity index is 876. The molecule has 5 heteroatoms. The van der Waals surface area contributed by atoms with Gasteiger partial charge < -0.3 is 10.1 Å². The number of benzene rings is 3. The highest BCUT2D eigenvalue weighted by Gasteiger charge is 2.02. The zero-order valence-electron chi connectivity index (χ0n) is 13.2. The largest absolute Gasteiger partial charge is 0.497 e. The molecule has 24 heavy (non-hydrogen) atoms. The number of anilines is 1. The van der Waals surface area contributed by atoms with Crippen LogP contribution >= 0.6 is 0 Å². The quantitative estimate of drug-likeness (QED) is 0.564. The number of methoxy groups -OCH3 is 1. The van der Waals surface area contributed by atoms with Crippen LogP contribution in [-0.2, 0) is 0 Å². The van der Waals surface area contributed by atoms with E-state index in [2.05, 4.69) is 15.8 Å². The molecule has 0 fully saturated rings. The molecule has 2 N–H and O–H groups in total. The number of carbonyl (C=O) groups excluding carboxylic acids is 1. The molecule has 0 spiro atoms. The zero-order valence-corrected chi connectivity index (χ0v) is 13.2. The molecule has 3 rings (SSSR count). The van der Waals surface area contributed by atoms with Crippen molar-refractivity contribution in [3.63, 3.8) is 0 Å². The second kappa shape index (κ2) is 7.28. The number of nitrogens with one attached hydrogen (secondary N) is 2. The zero-order chi connectivity index (χ0) is 16.8. The van der Waals surface area contributed by atoms with Crippen LogP contribution in [0, 0.1) is 0 Å².